The minimum atomic E-state index is -0.115. The smallest absolute Gasteiger partial charge is 0.226 e. The molecule has 1 aromatic heterocycles. The van der Waals surface area contributed by atoms with Gasteiger partial charge in [-0.2, -0.15) is 0 Å². The summed E-state index contributed by atoms with van der Waals surface area (Å²) >= 11 is 1.56. The molecule has 0 bridgehead atoms. The van der Waals surface area contributed by atoms with Crippen molar-refractivity contribution in [2.75, 3.05) is 13.7 Å². The van der Waals surface area contributed by atoms with Gasteiger partial charge in [0.1, 0.15) is 6.61 Å². The van der Waals surface area contributed by atoms with Gasteiger partial charge in [0.25, 0.3) is 0 Å². The second-order valence-corrected chi connectivity index (χ2v) is 7.02. The molecular formula is C17H21NO2S. The van der Waals surface area contributed by atoms with Crippen molar-refractivity contribution in [3.8, 4) is 11.8 Å². The zero-order valence-corrected chi connectivity index (χ0v) is 13.2. The number of hydrogen-bond donors (Lipinski definition) is 1. The van der Waals surface area contributed by atoms with E-state index in [-0.39, 0.29) is 6.61 Å². The SMILES string of the molecule is CN(Cc1csc(C#CCO)c1)C(=O)C1C2CCCCC21. The molecule has 4 heteroatoms. The fourth-order valence-corrected chi connectivity index (χ4v) is 4.39. The molecule has 3 rings (SSSR count). The predicted molar refractivity (Wildman–Crippen MR) is 83.7 cm³/mol. The Labute approximate surface area is 130 Å². The first-order valence-corrected chi connectivity index (χ1v) is 8.51. The third-order valence-corrected chi connectivity index (χ3v) is 5.58. The van der Waals surface area contributed by atoms with Gasteiger partial charge in [0.05, 0.1) is 4.88 Å². The van der Waals surface area contributed by atoms with Gasteiger partial charge in [-0.05, 0) is 41.7 Å². The van der Waals surface area contributed by atoms with Crippen LogP contribution in [0.4, 0.5) is 0 Å². The highest BCUT2D eigenvalue weighted by molar-refractivity contribution is 7.10. The van der Waals surface area contributed by atoms with E-state index in [2.05, 4.69) is 11.8 Å². The lowest BCUT2D eigenvalue weighted by Crippen LogP contribution is -2.28. The highest BCUT2D eigenvalue weighted by Gasteiger charge is 2.55. The summed E-state index contributed by atoms with van der Waals surface area (Å²) in [4.78, 5) is 15.3. The second-order valence-electron chi connectivity index (χ2n) is 6.11. The summed E-state index contributed by atoms with van der Waals surface area (Å²) in [6.07, 6.45) is 5.08. The van der Waals surface area contributed by atoms with Crippen LogP contribution in [0.5, 0.6) is 0 Å². The van der Waals surface area contributed by atoms with E-state index in [4.69, 9.17) is 5.11 Å². The van der Waals surface area contributed by atoms with Crippen LogP contribution in [0.3, 0.4) is 0 Å². The zero-order valence-electron chi connectivity index (χ0n) is 12.3. The molecule has 2 fully saturated rings. The summed E-state index contributed by atoms with van der Waals surface area (Å²) in [7, 11) is 1.91. The second kappa shape index (κ2) is 6.21. The lowest BCUT2D eigenvalue weighted by Gasteiger charge is -2.16. The van der Waals surface area contributed by atoms with Gasteiger partial charge < -0.3 is 10.0 Å². The average molecular weight is 303 g/mol. The summed E-state index contributed by atoms with van der Waals surface area (Å²) in [5.74, 6) is 7.51. The first-order chi connectivity index (χ1) is 10.2. The Morgan fingerprint density at radius 1 is 1.43 bits per heavy atom. The van der Waals surface area contributed by atoms with E-state index in [9.17, 15) is 4.79 Å². The number of rotatable bonds is 3. The molecule has 1 N–H and O–H groups in total. The van der Waals surface area contributed by atoms with Crippen LogP contribution >= 0.6 is 11.3 Å². The van der Waals surface area contributed by atoms with Gasteiger partial charge in [-0.3, -0.25) is 4.79 Å². The number of thiophene rings is 1. The number of carbonyl (C=O) groups is 1. The van der Waals surface area contributed by atoms with Crippen molar-refractivity contribution in [2.45, 2.75) is 32.2 Å². The van der Waals surface area contributed by atoms with Crippen LogP contribution in [0.15, 0.2) is 11.4 Å². The molecule has 2 saturated carbocycles. The maximum Gasteiger partial charge on any atom is 0.226 e. The van der Waals surface area contributed by atoms with Gasteiger partial charge in [0, 0.05) is 19.5 Å². The lowest BCUT2D eigenvalue weighted by molar-refractivity contribution is -0.132. The van der Waals surface area contributed by atoms with Crippen molar-refractivity contribution >= 4 is 17.2 Å². The summed E-state index contributed by atoms with van der Waals surface area (Å²) in [5.41, 5.74) is 1.13. The van der Waals surface area contributed by atoms with Crippen LogP contribution in [0.1, 0.15) is 36.1 Å². The molecule has 0 aliphatic heterocycles. The van der Waals surface area contributed by atoms with E-state index in [0.29, 0.717) is 30.2 Å². The Kier molecular flexibility index (Phi) is 4.32. The molecule has 2 aliphatic carbocycles. The van der Waals surface area contributed by atoms with Crippen LogP contribution in [-0.4, -0.2) is 29.6 Å². The Morgan fingerprint density at radius 2 is 2.14 bits per heavy atom. The molecule has 0 saturated heterocycles. The van der Waals surface area contributed by atoms with Gasteiger partial charge in [-0.25, -0.2) is 0 Å². The van der Waals surface area contributed by atoms with Gasteiger partial charge in [0.15, 0.2) is 0 Å². The van der Waals surface area contributed by atoms with Crippen LogP contribution < -0.4 is 0 Å². The van der Waals surface area contributed by atoms with Crippen molar-refractivity contribution in [2.24, 2.45) is 17.8 Å². The molecule has 3 nitrogen and oxygen atoms in total. The molecule has 1 amide bonds. The molecule has 2 aliphatic rings. The average Bonchev–Trinajstić information content (AvgIpc) is 3.06. The van der Waals surface area contributed by atoms with Crippen LogP contribution in [0.2, 0.25) is 0 Å². The Balaban J connectivity index is 1.57. The maximum absolute atomic E-state index is 12.5. The van der Waals surface area contributed by atoms with Gasteiger partial charge >= 0.3 is 0 Å². The molecule has 2 atom stereocenters. The topological polar surface area (TPSA) is 40.5 Å². The van der Waals surface area contributed by atoms with E-state index >= 15 is 0 Å². The Morgan fingerprint density at radius 3 is 2.81 bits per heavy atom. The molecule has 0 radical (unpaired) electrons. The van der Waals surface area contributed by atoms with Gasteiger partial charge in [-0.15, -0.1) is 11.3 Å². The number of hydrogen-bond acceptors (Lipinski definition) is 3. The van der Waals surface area contributed by atoms with E-state index in [1.54, 1.807) is 11.3 Å². The minimum Gasteiger partial charge on any atom is -0.384 e. The zero-order chi connectivity index (χ0) is 14.8. The van der Waals surface area contributed by atoms with E-state index in [1.807, 2.05) is 23.4 Å². The van der Waals surface area contributed by atoms with Crippen LogP contribution in [-0.2, 0) is 11.3 Å². The first-order valence-electron chi connectivity index (χ1n) is 7.63. The third-order valence-electron chi connectivity index (χ3n) is 4.68. The molecule has 1 aromatic rings. The van der Waals surface area contributed by atoms with Crippen molar-refractivity contribution < 1.29 is 9.90 Å². The predicted octanol–water partition coefficient (Wildman–Crippen LogP) is 2.49. The minimum absolute atomic E-state index is 0.115. The van der Waals surface area contributed by atoms with Crippen molar-refractivity contribution in [3.63, 3.8) is 0 Å². The summed E-state index contributed by atoms with van der Waals surface area (Å²) in [6, 6.07) is 2.01. The normalized spacial score (nSPS) is 26.5. The quantitative estimate of drug-likeness (QED) is 0.872. The number of amides is 1. The lowest BCUT2D eigenvalue weighted by atomic mass is 10.0. The largest absolute Gasteiger partial charge is 0.384 e. The maximum atomic E-state index is 12.5. The molecular weight excluding hydrogens is 282 g/mol. The van der Waals surface area contributed by atoms with Crippen molar-refractivity contribution in [1.82, 2.24) is 4.90 Å². The molecule has 2 unspecified atom stereocenters. The highest BCUT2D eigenvalue weighted by atomic mass is 32.1. The summed E-state index contributed by atoms with van der Waals surface area (Å²) < 4.78 is 0. The molecule has 0 aromatic carbocycles. The Bertz CT molecular complexity index is 571. The summed E-state index contributed by atoms with van der Waals surface area (Å²) in [6.45, 7) is 0.544. The number of fused-ring (bicyclic) bond motifs is 1. The highest BCUT2D eigenvalue weighted by Crippen LogP contribution is 2.56. The number of nitrogens with zero attached hydrogens (tertiary/aromatic N) is 1. The first kappa shape index (κ1) is 14.6. The molecule has 1 heterocycles. The fraction of sp³-hybridized carbons (Fsp3) is 0.588. The Hall–Kier alpha value is -1.31. The molecule has 112 valence electrons. The standard InChI is InChI=1S/C17H21NO2S/c1-18(10-12-9-13(21-11-12)5-4-8-19)17(20)16-14-6-2-3-7-15(14)16/h9,11,14-16,19H,2-3,6-8,10H2,1H3. The fourth-order valence-electron chi connectivity index (χ4n) is 3.62. The molecule has 21 heavy (non-hydrogen) atoms. The number of carbonyl (C=O) groups excluding carboxylic acids is 1. The third kappa shape index (κ3) is 3.14. The summed E-state index contributed by atoms with van der Waals surface area (Å²) in [5, 5.41) is 10.7. The van der Waals surface area contributed by atoms with E-state index < -0.39 is 0 Å². The molecule has 0 spiro atoms. The van der Waals surface area contributed by atoms with Crippen molar-refractivity contribution in [3.05, 3.63) is 21.9 Å². The number of aliphatic hydroxyl groups excluding tert-OH is 1. The monoisotopic (exact) mass is 303 g/mol. The number of aliphatic hydroxyl groups is 1. The van der Waals surface area contributed by atoms with Crippen LogP contribution in [0, 0.1) is 29.6 Å². The van der Waals surface area contributed by atoms with Crippen LogP contribution in [0.25, 0.3) is 0 Å². The van der Waals surface area contributed by atoms with Gasteiger partial charge in [0.2, 0.25) is 5.91 Å². The van der Waals surface area contributed by atoms with Crippen molar-refractivity contribution in [1.29, 1.82) is 0 Å². The van der Waals surface area contributed by atoms with Gasteiger partial charge in [-0.1, -0.05) is 24.7 Å². The van der Waals surface area contributed by atoms with E-state index in [0.717, 1.165) is 10.4 Å². The van der Waals surface area contributed by atoms with E-state index in [1.165, 1.54) is 25.7 Å².